The van der Waals surface area contributed by atoms with Gasteiger partial charge in [0, 0.05) is 20.1 Å². The van der Waals surface area contributed by atoms with Crippen LogP contribution < -0.4 is 0 Å². The molecule has 2 unspecified atom stereocenters. The van der Waals surface area contributed by atoms with Crippen molar-refractivity contribution in [1.82, 2.24) is 9.80 Å². The highest BCUT2D eigenvalue weighted by Gasteiger charge is 2.30. The SMILES string of the molecule is CN(C(=O)COC(=O)C1CCCN(Cc2ccccc2)C1)C1CCCc2ccccc21. The number of hydrogen-bond donors (Lipinski definition) is 0. The molecule has 2 aromatic rings. The van der Waals surface area contributed by atoms with Gasteiger partial charge in [-0.05, 0) is 55.3 Å². The van der Waals surface area contributed by atoms with Crippen LogP contribution in [0.1, 0.15) is 48.4 Å². The molecule has 5 nitrogen and oxygen atoms in total. The minimum Gasteiger partial charge on any atom is -0.455 e. The number of rotatable bonds is 6. The van der Waals surface area contributed by atoms with Crippen molar-refractivity contribution in [3.63, 3.8) is 0 Å². The average Bonchev–Trinajstić information content (AvgIpc) is 2.82. The highest BCUT2D eigenvalue weighted by Crippen LogP contribution is 2.33. The van der Waals surface area contributed by atoms with Gasteiger partial charge in [0.2, 0.25) is 0 Å². The first-order valence-corrected chi connectivity index (χ1v) is 11.4. The maximum atomic E-state index is 12.8. The van der Waals surface area contributed by atoms with Crippen molar-refractivity contribution >= 4 is 11.9 Å². The van der Waals surface area contributed by atoms with Crippen LogP contribution in [0.15, 0.2) is 54.6 Å². The fourth-order valence-electron chi connectivity index (χ4n) is 4.89. The van der Waals surface area contributed by atoms with Gasteiger partial charge in [-0.3, -0.25) is 14.5 Å². The van der Waals surface area contributed by atoms with Crippen LogP contribution >= 0.6 is 0 Å². The fraction of sp³-hybridized carbons (Fsp3) is 0.462. The van der Waals surface area contributed by atoms with Gasteiger partial charge in [0.1, 0.15) is 0 Å². The summed E-state index contributed by atoms with van der Waals surface area (Å²) in [4.78, 5) is 29.5. The number of piperidine rings is 1. The second-order valence-corrected chi connectivity index (χ2v) is 8.78. The first-order valence-electron chi connectivity index (χ1n) is 11.4. The monoisotopic (exact) mass is 420 g/mol. The molecule has 31 heavy (non-hydrogen) atoms. The predicted octanol–water partition coefficient (Wildman–Crippen LogP) is 3.98. The predicted molar refractivity (Wildman–Crippen MR) is 120 cm³/mol. The Morgan fingerprint density at radius 1 is 1.03 bits per heavy atom. The van der Waals surface area contributed by atoms with Crippen molar-refractivity contribution in [1.29, 1.82) is 0 Å². The van der Waals surface area contributed by atoms with Crippen molar-refractivity contribution < 1.29 is 14.3 Å². The Kier molecular flexibility index (Phi) is 7.03. The molecule has 0 saturated carbocycles. The van der Waals surface area contributed by atoms with E-state index in [0.717, 1.165) is 45.2 Å². The molecule has 1 amide bonds. The van der Waals surface area contributed by atoms with Crippen molar-refractivity contribution in [2.75, 3.05) is 26.7 Å². The maximum Gasteiger partial charge on any atom is 0.310 e. The number of likely N-dealkylation sites (tertiary alicyclic amines) is 1. The Balaban J connectivity index is 1.28. The average molecular weight is 421 g/mol. The van der Waals surface area contributed by atoms with E-state index in [-0.39, 0.29) is 30.4 Å². The lowest BCUT2D eigenvalue weighted by molar-refractivity contribution is -0.157. The standard InChI is InChI=1S/C26H32N2O3/c1-27(24-15-7-12-21-11-5-6-14-23(21)24)25(29)19-31-26(30)22-13-8-16-28(18-22)17-20-9-3-2-4-10-20/h2-6,9-11,14,22,24H,7-8,12-13,15-19H2,1H3. The number of carbonyl (C=O) groups is 2. The molecule has 0 aromatic heterocycles. The zero-order valence-corrected chi connectivity index (χ0v) is 18.3. The summed E-state index contributed by atoms with van der Waals surface area (Å²) >= 11 is 0. The lowest BCUT2D eigenvalue weighted by Crippen LogP contribution is -2.40. The van der Waals surface area contributed by atoms with E-state index < -0.39 is 0 Å². The number of fused-ring (bicyclic) bond motifs is 1. The Hall–Kier alpha value is -2.66. The Labute approximate surface area is 185 Å². The summed E-state index contributed by atoms with van der Waals surface area (Å²) in [7, 11) is 1.82. The maximum absolute atomic E-state index is 12.8. The molecule has 1 saturated heterocycles. The second kappa shape index (κ2) is 10.1. The molecular weight excluding hydrogens is 388 g/mol. The lowest BCUT2D eigenvalue weighted by Gasteiger charge is -2.34. The molecule has 1 aliphatic carbocycles. The summed E-state index contributed by atoms with van der Waals surface area (Å²) in [6, 6.07) is 18.7. The summed E-state index contributed by atoms with van der Waals surface area (Å²) in [5.41, 5.74) is 3.79. The van der Waals surface area contributed by atoms with Crippen LogP contribution in [0.25, 0.3) is 0 Å². The van der Waals surface area contributed by atoms with Gasteiger partial charge >= 0.3 is 5.97 Å². The zero-order chi connectivity index (χ0) is 21.6. The van der Waals surface area contributed by atoms with E-state index in [2.05, 4.69) is 35.2 Å². The molecule has 2 atom stereocenters. The molecule has 0 spiro atoms. The van der Waals surface area contributed by atoms with E-state index in [1.807, 2.05) is 31.3 Å². The number of ether oxygens (including phenoxy) is 1. The number of aryl methyl sites for hydroxylation is 1. The van der Waals surface area contributed by atoms with E-state index >= 15 is 0 Å². The van der Waals surface area contributed by atoms with E-state index in [1.165, 1.54) is 16.7 Å². The Morgan fingerprint density at radius 2 is 1.81 bits per heavy atom. The number of carbonyl (C=O) groups excluding carboxylic acids is 2. The van der Waals surface area contributed by atoms with Crippen LogP contribution in [-0.2, 0) is 27.3 Å². The third-order valence-electron chi connectivity index (χ3n) is 6.62. The highest BCUT2D eigenvalue weighted by molar-refractivity contribution is 5.81. The first-order chi connectivity index (χ1) is 15.1. The van der Waals surface area contributed by atoms with Gasteiger partial charge in [0.05, 0.1) is 12.0 Å². The molecule has 0 bridgehead atoms. The molecule has 0 radical (unpaired) electrons. The van der Waals surface area contributed by atoms with Crippen molar-refractivity contribution in [3.8, 4) is 0 Å². The quantitative estimate of drug-likeness (QED) is 0.664. The van der Waals surface area contributed by atoms with Gasteiger partial charge in [0.25, 0.3) is 5.91 Å². The summed E-state index contributed by atoms with van der Waals surface area (Å²) in [5, 5.41) is 0. The zero-order valence-electron chi connectivity index (χ0n) is 18.3. The smallest absolute Gasteiger partial charge is 0.310 e. The summed E-state index contributed by atoms with van der Waals surface area (Å²) in [6.07, 6.45) is 4.87. The van der Waals surface area contributed by atoms with E-state index in [4.69, 9.17) is 4.74 Å². The Morgan fingerprint density at radius 3 is 2.65 bits per heavy atom. The van der Waals surface area contributed by atoms with Crippen molar-refractivity contribution in [2.24, 2.45) is 5.92 Å². The van der Waals surface area contributed by atoms with Gasteiger partial charge in [0.15, 0.2) is 6.61 Å². The number of esters is 1. The minimum atomic E-state index is -0.247. The molecule has 0 N–H and O–H groups in total. The molecule has 1 heterocycles. The highest BCUT2D eigenvalue weighted by atomic mass is 16.5. The summed E-state index contributed by atoms with van der Waals surface area (Å²) in [5.74, 6) is -0.540. The first kappa shape index (κ1) is 21.6. The number of likely N-dealkylation sites (N-methyl/N-ethyl adjacent to an activating group) is 1. The number of hydrogen-bond acceptors (Lipinski definition) is 4. The number of benzene rings is 2. The summed E-state index contributed by atoms with van der Waals surface area (Å²) < 4.78 is 5.48. The van der Waals surface area contributed by atoms with Gasteiger partial charge in [-0.15, -0.1) is 0 Å². The number of amides is 1. The minimum absolute atomic E-state index is 0.0622. The van der Waals surface area contributed by atoms with Gasteiger partial charge in [-0.2, -0.15) is 0 Å². The third kappa shape index (κ3) is 5.34. The van der Waals surface area contributed by atoms with Crippen LogP contribution in [0.5, 0.6) is 0 Å². The largest absolute Gasteiger partial charge is 0.455 e. The molecule has 1 aliphatic heterocycles. The normalized spacial score (nSPS) is 21.2. The molecule has 1 fully saturated rings. The topological polar surface area (TPSA) is 49.9 Å². The van der Waals surface area contributed by atoms with Crippen LogP contribution in [0.3, 0.4) is 0 Å². The van der Waals surface area contributed by atoms with E-state index in [0.29, 0.717) is 6.54 Å². The van der Waals surface area contributed by atoms with E-state index in [1.54, 1.807) is 4.90 Å². The Bertz CT molecular complexity index is 899. The fourth-order valence-corrected chi connectivity index (χ4v) is 4.89. The molecule has 5 heteroatoms. The molecule has 2 aromatic carbocycles. The summed E-state index contributed by atoms with van der Waals surface area (Å²) in [6.45, 7) is 2.34. The van der Waals surface area contributed by atoms with Gasteiger partial charge < -0.3 is 9.64 Å². The molecule has 2 aliphatic rings. The van der Waals surface area contributed by atoms with Crippen molar-refractivity contribution in [2.45, 2.75) is 44.7 Å². The third-order valence-corrected chi connectivity index (χ3v) is 6.62. The molecule has 164 valence electrons. The van der Waals surface area contributed by atoms with Gasteiger partial charge in [-0.25, -0.2) is 0 Å². The van der Waals surface area contributed by atoms with Crippen LogP contribution in [0.4, 0.5) is 0 Å². The lowest BCUT2D eigenvalue weighted by atomic mass is 9.87. The van der Waals surface area contributed by atoms with Crippen LogP contribution in [-0.4, -0.2) is 48.4 Å². The molecule has 4 rings (SSSR count). The van der Waals surface area contributed by atoms with E-state index in [9.17, 15) is 9.59 Å². The van der Waals surface area contributed by atoms with Crippen LogP contribution in [0.2, 0.25) is 0 Å². The second-order valence-electron chi connectivity index (χ2n) is 8.78. The molecular formula is C26H32N2O3. The van der Waals surface area contributed by atoms with Crippen molar-refractivity contribution in [3.05, 3.63) is 71.3 Å². The number of nitrogens with zero attached hydrogens (tertiary/aromatic N) is 2. The van der Waals surface area contributed by atoms with Crippen LogP contribution in [0, 0.1) is 5.92 Å². The van der Waals surface area contributed by atoms with Gasteiger partial charge in [-0.1, -0.05) is 54.6 Å².